The number of carbonyl (C=O) groups excluding carboxylic acids is 1. The SMILES string of the molecule is COc1ccc(C(=O)NCc2ccc(CN3CCCCC3)cc2)cc1OC. The van der Waals surface area contributed by atoms with Gasteiger partial charge in [-0.1, -0.05) is 30.7 Å². The second-order valence-electron chi connectivity index (χ2n) is 6.91. The molecule has 1 N–H and O–H groups in total. The molecule has 0 spiro atoms. The lowest BCUT2D eigenvalue weighted by Gasteiger charge is -2.26. The number of amides is 1. The topological polar surface area (TPSA) is 50.8 Å². The average Bonchev–Trinajstić information content (AvgIpc) is 2.73. The third-order valence-electron chi connectivity index (χ3n) is 4.98. The van der Waals surface area contributed by atoms with Crippen LogP contribution in [0.5, 0.6) is 11.5 Å². The molecule has 0 unspecified atom stereocenters. The zero-order valence-corrected chi connectivity index (χ0v) is 16.2. The Kier molecular flexibility index (Phi) is 6.71. The van der Waals surface area contributed by atoms with Gasteiger partial charge in [-0.2, -0.15) is 0 Å². The Morgan fingerprint density at radius 2 is 1.59 bits per heavy atom. The van der Waals surface area contributed by atoms with Crippen LogP contribution in [0.2, 0.25) is 0 Å². The van der Waals surface area contributed by atoms with Crippen molar-refractivity contribution in [1.29, 1.82) is 0 Å². The van der Waals surface area contributed by atoms with Gasteiger partial charge in [0.15, 0.2) is 11.5 Å². The van der Waals surface area contributed by atoms with E-state index in [1.807, 2.05) is 0 Å². The van der Waals surface area contributed by atoms with Crippen LogP contribution in [0.1, 0.15) is 40.7 Å². The van der Waals surface area contributed by atoms with Gasteiger partial charge in [0.1, 0.15) is 0 Å². The van der Waals surface area contributed by atoms with Crippen LogP contribution >= 0.6 is 0 Å². The summed E-state index contributed by atoms with van der Waals surface area (Å²) in [7, 11) is 3.14. The number of ether oxygens (including phenoxy) is 2. The molecule has 27 heavy (non-hydrogen) atoms. The van der Waals surface area contributed by atoms with E-state index in [0.717, 1.165) is 12.1 Å². The van der Waals surface area contributed by atoms with Gasteiger partial charge in [-0.15, -0.1) is 0 Å². The number of methoxy groups -OCH3 is 2. The zero-order valence-electron chi connectivity index (χ0n) is 16.2. The molecule has 0 aromatic heterocycles. The van der Waals surface area contributed by atoms with Crippen LogP contribution in [0.3, 0.4) is 0 Å². The summed E-state index contributed by atoms with van der Waals surface area (Å²) in [5, 5.41) is 2.96. The first-order chi connectivity index (χ1) is 13.2. The number of carbonyl (C=O) groups is 1. The fourth-order valence-electron chi connectivity index (χ4n) is 3.40. The highest BCUT2D eigenvalue weighted by atomic mass is 16.5. The Labute approximate surface area is 161 Å². The summed E-state index contributed by atoms with van der Waals surface area (Å²) in [6.07, 6.45) is 3.97. The summed E-state index contributed by atoms with van der Waals surface area (Å²) >= 11 is 0. The van der Waals surface area contributed by atoms with Gasteiger partial charge in [-0.3, -0.25) is 9.69 Å². The number of rotatable bonds is 7. The molecule has 5 heteroatoms. The molecule has 1 amide bonds. The normalized spacial score (nSPS) is 14.6. The number of benzene rings is 2. The van der Waals surface area contributed by atoms with Crippen LogP contribution < -0.4 is 14.8 Å². The summed E-state index contributed by atoms with van der Waals surface area (Å²) in [6, 6.07) is 13.7. The fraction of sp³-hybridized carbons (Fsp3) is 0.409. The highest BCUT2D eigenvalue weighted by molar-refractivity contribution is 5.94. The maximum atomic E-state index is 12.4. The number of hydrogen-bond acceptors (Lipinski definition) is 4. The monoisotopic (exact) mass is 368 g/mol. The van der Waals surface area contributed by atoms with E-state index in [1.54, 1.807) is 32.4 Å². The predicted molar refractivity (Wildman–Crippen MR) is 106 cm³/mol. The molecule has 1 fully saturated rings. The third-order valence-corrected chi connectivity index (χ3v) is 4.98. The number of hydrogen-bond donors (Lipinski definition) is 1. The van der Waals surface area contributed by atoms with E-state index in [9.17, 15) is 4.79 Å². The van der Waals surface area contributed by atoms with E-state index in [0.29, 0.717) is 23.6 Å². The van der Waals surface area contributed by atoms with Gasteiger partial charge in [0.2, 0.25) is 0 Å². The van der Waals surface area contributed by atoms with Crippen LogP contribution in [0, 0.1) is 0 Å². The molecule has 2 aromatic rings. The van der Waals surface area contributed by atoms with E-state index in [1.165, 1.54) is 37.9 Å². The van der Waals surface area contributed by atoms with Gasteiger partial charge in [-0.05, 0) is 55.3 Å². The van der Waals surface area contributed by atoms with Crippen molar-refractivity contribution in [2.75, 3.05) is 27.3 Å². The third kappa shape index (κ3) is 5.23. The lowest BCUT2D eigenvalue weighted by atomic mass is 10.1. The molecule has 1 saturated heterocycles. The highest BCUT2D eigenvalue weighted by Gasteiger charge is 2.12. The van der Waals surface area contributed by atoms with Crippen LogP contribution in [0.15, 0.2) is 42.5 Å². The average molecular weight is 368 g/mol. The predicted octanol–water partition coefficient (Wildman–Crippen LogP) is 3.62. The minimum atomic E-state index is -0.131. The van der Waals surface area contributed by atoms with Crippen molar-refractivity contribution in [1.82, 2.24) is 10.2 Å². The zero-order chi connectivity index (χ0) is 19.1. The molecule has 5 nitrogen and oxygen atoms in total. The van der Waals surface area contributed by atoms with E-state index in [-0.39, 0.29) is 5.91 Å². The molecule has 0 bridgehead atoms. The summed E-state index contributed by atoms with van der Waals surface area (Å²) in [5.41, 5.74) is 2.97. The Bertz CT molecular complexity index is 753. The molecule has 1 aliphatic heterocycles. The lowest BCUT2D eigenvalue weighted by Crippen LogP contribution is -2.29. The molecule has 3 rings (SSSR count). The minimum absolute atomic E-state index is 0.131. The molecule has 0 aliphatic carbocycles. The number of nitrogens with zero attached hydrogens (tertiary/aromatic N) is 1. The number of nitrogens with one attached hydrogen (secondary N) is 1. The van der Waals surface area contributed by atoms with Crippen molar-refractivity contribution >= 4 is 5.91 Å². The first-order valence-electron chi connectivity index (χ1n) is 9.50. The van der Waals surface area contributed by atoms with Gasteiger partial charge < -0.3 is 14.8 Å². The Morgan fingerprint density at radius 1 is 0.926 bits per heavy atom. The van der Waals surface area contributed by atoms with Crippen LogP contribution in [-0.4, -0.2) is 38.1 Å². The number of piperidine rings is 1. The van der Waals surface area contributed by atoms with Crippen molar-refractivity contribution in [2.24, 2.45) is 0 Å². The quantitative estimate of drug-likeness (QED) is 0.811. The Hall–Kier alpha value is -2.53. The molecule has 0 radical (unpaired) electrons. The molecule has 1 heterocycles. The van der Waals surface area contributed by atoms with Gasteiger partial charge in [0.25, 0.3) is 5.91 Å². The largest absolute Gasteiger partial charge is 0.493 e. The maximum Gasteiger partial charge on any atom is 0.251 e. The number of likely N-dealkylation sites (tertiary alicyclic amines) is 1. The van der Waals surface area contributed by atoms with Crippen LogP contribution in [0.25, 0.3) is 0 Å². The standard InChI is InChI=1S/C22H28N2O3/c1-26-20-11-10-19(14-21(20)27-2)22(25)23-15-17-6-8-18(9-7-17)16-24-12-4-3-5-13-24/h6-11,14H,3-5,12-13,15-16H2,1-2H3,(H,23,25). The Balaban J connectivity index is 1.54. The molecular formula is C22H28N2O3. The van der Waals surface area contributed by atoms with Crippen LogP contribution in [0.4, 0.5) is 0 Å². The summed E-state index contributed by atoms with van der Waals surface area (Å²) in [5.74, 6) is 1.03. The highest BCUT2D eigenvalue weighted by Crippen LogP contribution is 2.27. The van der Waals surface area contributed by atoms with E-state index in [4.69, 9.17) is 9.47 Å². The molecular weight excluding hydrogens is 340 g/mol. The van der Waals surface area contributed by atoms with E-state index in [2.05, 4.69) is 34.5 Å². The molecule has 0 atom stereocenters. The first-order valence-corrected chi connectivity index (χ1v) is 9.50. The van der Waals surface area contributed by atoms with E-state index < -0.39 is 0 Å². The summed E-state index contributed by atoms with van der Waals surface area (Å²) < 4.78 is 10.5. The van der Waals surface area contributed by atoms with Crippen molar-refractivity contribution in [3.8, 4) is 11.5 Å². The second kappa shape index (κ2) is 9.42. The van der Waals surface area contributed by atoms with Crippen molar-refractivity contribution in [3.05, 3.63) is 59.2 Å². The lowest BCUT2D eigenvalue weighted by molar-refractivity contribution is 0.0950. The molecule has 2 aromatic carbocycles. The summed E-state index contributed by atoms with van der Waals surface area (Å²) in [6.45, 7) is 3.90. The van der Waals surface area contributed by atoms with Gasteiger partial charge >= 0.3 is 0 Å². The van der Waals surface area contributed by atoms with Crippen molar-refractivity contribution in [3.63, 3.8) is 0 Å². The fourth-order valence-corrected chi connectivity index (χ4v) is 3.40. The van der Waals surface area contributed by atoms with Gasteiger partial charge in [0, 0.05) is 18.7 Å². The van der Waals surface area contributed by atoms with Gasteiger partial charge in [0.05, 0.1) is 14.2 Å². The second-order valence-corrected chi connectivity index (χ2v) is 6.91. The Morgan fingerprint density at radius 3 is 2.26 bits per heavy atom. The first kappa shape index (κ1) is 19.2. The van der Waals surface area contributed by atoms with Gasteiger partial charge in [-0.25, -0.2) is 0 Å². The van der Waals surface area contributed by atoms with Crippen molar-refractivity contribution < 1.29 is 14.3 Å². The minimum Gasteiger partial charge on any atom is -0.493 e. The molecule has 1 aliphatic rings. The van der Waals surface area contributed by atoms with E-state index >= 15 is 0 Å². The van der Waals surface area contributed by atoms with Crippen molar-refractivity contribution in [2.45, 2.75) is 32.4 Å². The van der Waals surface area contributed by atoms with Crippen LogP contribution in [-0.2, 0) is 13.1 Å². The maximum absolute atomic E-state index is 12.4. The summed E-state index contributed by atoms with van der Waals surface area (Å²) in [4.78, 5) is 14.9. The molecule has 144 valence electrons. The molecule has 0 saturated carbocycles. The smallest absolute Gasteiger partial charge is 0.251 e.